The number of methoxy groups -OCH3 is 1. The van der Waals surface area contributed by atoms with Crippen LogP contribution in [0.2, 0.25) is 0 Å². The Morgan fingerprint density at radius 3 is 2.61 bits per heavy atom. The Morgan fingerprint density at radius 2 is 1.84 bits per heavy atom. The summed E-state index contributed by atoms with van der Waals surface area (Å²) in [6, 6.07) is 18.9. The lowest BCUT2D eigenvalue weighted by Crippen LogP contribution is -2.37. The van der Waals surface area contributed by atoms with Crippen LogP contribution in [0, 0.1) is 0 Å². The second-order valence-corrected chi connectivity index (χ2v) is 12.5. The van der Waals surface area contributed by atoms with Crippen molar-refractivity contribution in [2.24, 2.45) is 0 Å². The van der Waals surface area contributed by atoms with Gasteiger partial charge in [0.15, 0.2) is 6.79 Å². The van der Waals surface area contributed by atoms with Crippen LogP contribution in [-0.4, -0.2) is 65.3 Å². The molecule has 0 spiro atoms. The van der Waals surface area contributed by atoms with Gasteiger partial charge in [0.2, 0.25) is 0 Å². The highest BCUT2D eigenvalue weighted by atomic mass is 32.1. The van der Waals surface area contributed by atoms with E-state index in [4.69, 9.17) is 14.2 Å². The highest BCUT2D eigenvalue weighted by Crippen LogP contribution is 2.31. The van der Waals surface area contributed by atoms with Crippen molar-refractivity contribution in [3.8, 4) is 11.5 Å². The number of para-hydroxylation sites is 1. The number of carbonyl (C=O) groups is 1. The molecule has 1 atom stereocenters. The van der Waals surface area contributed by atoms with Crippen molar-refractivity contribution >= 4 is 27.6 Å². The van der Waals surface area contributed by atoms with Crippen molar-refractivity contribution in [2.75, 3.05) is 33.5 Å². The number of aliphatic hydroxyl groups excluding tert-OH is 1. The molecule has 0 saturated heterocycles. The molecule has 11 heteroatoms. The van der Waals surface area contributed by atoms with Crippen LogP contribution in [0.3, 0.4) is 0 Å². The number of aromatic hydroxyl groups is 1. The first-order chi connectivity index (χ1) is 21.0. The zero-order valence-electron chi connectivity index (χ0n) is 25.6. The number of carbonyl (C=O) groups excluding carboxylic acids is 1. The van der Waals surface area contributed by atoms with E-state index in [9.17, 15) is 19.8 Å². The average Bonchev–Trinajstić information content (AvgIpc) is 3.38. The fraction of sp³-hybridized carbons (Fsp3) is 0.394. The van der Waals surface area contributed by atoms with Gasteiger partial charge in [0.05, 0.1) is 10.8 Å². The highest BCUT2D eigenvalue weighted by molar-refractivity contribution is 7.16. The number of aromatic amines is 1. The number of amides is 1. The zero-order valence-corrected chi connectivity index (χ0v) is 26.4. The molecule has 0 aliphatic carbocycles. The van der Waals surface area contributed by atoms with Crippen LogP contribution in [0.4, 0.5) is 4.79 Å². The van der Waals surface area contributed by atoms with Gasteiger partial charge in [-0.15, -0.1) is 0 Å². The SMILES string of the molecule is COCOc1ccccc1CCN(Cc1cccc(CCNC[C@H](O)c2ccc(O)c3[nH]c(=O)sc23)c1)C(=O)OC(C)(C)C. The molecule has 4 N–H and O–H groups in total. The third kappa shape index (κ3) is 9.30. The molecular weight excluding hydrogens is 582 g/mol. The van der Waals surface area contributed by atoms with Gasteiger partial charge < -0.3 is 39.6 Å². The molecule has 0 saturated carbocycles. The predicted molar refractivity (Wildman–Crippen MR) is 171 cm³/mol. The van der Waals surface area contributed by atoms with E-state index in [0.29, 0.717) is 48.3 Å². The number of aromatic nitrogens is 1. The maximum Gasteiger partial charge on any atom is 0.410 e. The second-order valence-electron chi connectivity index (χ2n) is 11.5. The number of phenols is 1. The first-order valence-corrected chi connectivity index (χ1v) is 15.3. The monoisotopic (exact) mass is 623 g/mol. The van der Waals surface area contributed by atoms with Crippen molar-refractivity contribution in [1.29, 1.82) is 0 Å². The Kier molecular flexibility index (Phi) is 11.4. The predicted octanol–water partition coefficient (Wildman–Crippen LogP) is 5.12. The molecular formula is C33H41N3O7S. The molecule has 236 valence electrons. The maximum atomic E-state index is 13.2. The molecule has 44 heavy (non-hydrogen) atoms. The Morgan fingerprint density at radius 1 is 1.07 bits per heavy atom. The fourth-order valence-corrected chi connectivity index (χ4v) is 5.70. The number of hydrogen-bond acceptors (Lipinski definition) is 9. The molecule has 0 radical (unpaired) electrons. The lowest BCUT2D eigenvalue weighted by molar-refractivity contribution is 0.0233. The van der Waals surface area contributed by atoms with Gasteiger partial charge >= 0.3 is 11.0 Å². The van der Waals surface area contributed by atoms with E-state index in [1.54, 1.807) is 18.1 Å². The van der Waals surface area contributed by atoms with Gasteiger partial charge in [0, 0.05) is 32.3 Å². The normalized spacial score (nSPS) is 12.3. The standard InChI is InChI=1S/C33H41N3O7S/c1-33(2,3)43-32(40)36(17-15-24-10-5-6-11-28(24)42-21-41-4)20-23-9-7-8-22(18-23)14-16-34-19-27(38)25-12-13-26(37)29-30(25)44-31(39)35-29/h5-13,18,27,34,37-38H,14-17,19-21H2,1-4H3,(H,35,39)/t27-/m0/s1. The number of nitrogens with one attached hydrogen (secondary N) is 2. The van der Waals surface area contributed by atoms with Gasteiger partial charge in [0.1, 0.15) is 22.6 Å². The molecule has 0 fully saturated rings. The molecule has 10 nitrogen and oxygen atoms in total. The maximum absolute atomic E-state index is 13.2. The van der Waals surface area contributed by atoms with Crippen LogP contribution in [0.25, 0.3) is 10.2 Å². The molecule has 0 aliphatic heterocycles. The van der Waals surface area contributed by atoms with Crippen LogP contribution in [0.15, 0.2) is 65.5 Å². The lowest BCUT2D eigenvalue weighted by Gasteiger charge is -2.28. The molecule has 0 aliphatic rings. The van der Waals surface area contributed by atoms with Crippen molar-refractivity contribution < 1.29 is 29.2 Å². The average molecular weight is 624 g/mol. The Bertz CT molecular complexity index is 1590. The van der Waals surface area contributed by atoms with Crippen LogP contribution >= 0.6 is 11.3 Å². The van der Waals surface area contributed by atoms with E-state index in [-0.39, 0.29) is 30.1 Å². The number of hydrogen-bond donors (Lipinski definition) is 4. The van der Waals surface area contributed by atoms with Crippen LogP contribution in [0.5, 0.6) is 11.5 Å². The molecule has 1 amide bonds. The van der Waals surface area contributed by atoms with Gasteiger partial charge in [-0.3, -0.25) is 4.79 Å². The summed E-state index contributed by atoms with van der Waals surface area (Å²) in [4.78, 5) is 29.0. The van der Waals surface area contributed by atoms with Gasteiger partial charge in [-0.25, -0.2) is 4.79 Å². The van der Waals surface area contributed by atoms with E-state index in [0.717, 1.165) is 33.8 Å². The number of aliphatic hydroxyl groups is 1. The Labute approximate surface area is 261 Å². The minimum Gasteiger partial charge on any atom is -0.506 e. The molecule has 1 aromatic heterocycles. The minimum absolute atomic E-state index is 0.0201. The van der Waals surface area contributed by atoms with Crippen molar-refractivity contribution in [1.82, 2.24) is 15.2 Å². The lowest BCUT2D eigenvalue weighted by atomic mass is 10.1. The second kappa shape index (κ2) is 15.2. The Balaban J connectivity index is 1.37. The molecule has 4 aromatic rings. The molecule has 1 heterocycles. The van der Waals surface area contributed by atoms with Crippen molar-refractivity contribution in [3.05, 3.63) is 92.6 Å². The summed E-state index contributed by atoms with van der Waals surface area (Å²) in [6.07, 6.45) is 0.0606. The van der Waals surface area contributed by atoms with Gasteiger partial charge in [0.25, 0.3) is 0 Å². The number of ether oxygens (including phenoxy) is 3. The van der Waals surface area contributed by atoms with Crippen molar-refractivity contribution in [2.45, 2.75) is 51.9 Å². The largest absolute Gasteiger partial charge is 0.506 e. The van der Waals surface area contributed by atoms with Crippen LogP contribution in [0.1, 0.15) is 49.1 Å². The molecule has 3 aromatic carbocycles. The van der Waals surface area contributed by atoms with E-state index in [1.165, 1.54) is 6.07 Å². The molecule has 0 unspecified atom stereocenters. The first-order valence-electron chi connectivity index (χ1n) is 14.5. The van der Waals surface area contributed by atoms with Gasteiger partial charge in [-0.2, -0.15) is 0 Å². The highest BCUT2D eigenvalue weighted by Gasteiger charge is 2.23. The van der Waals surface area contributed by atoms with E-state index < -0.39 is 11.7 Å². The first kappa shape index (κ1) is 33.0. The minimum atomic E-state index is -0.844. The number of fused-ring (bicyclic) bond motifs is 1. The number of thiazole rings is 1. The number of phenolic OH excluding ortho intramolecular Hbond substituents is 1. The van der Waals surface area contributed by atoms with Gasteiger partial charge in [-0.05, 0) is 69.0 Å². The topological polar surface area (TPSA) is 133 Å². The van der Waals surface area contributed by atoms with E-state index in [1.807, 2.05) is 63.2 Å². The number of nitrogens with zero attached hydrogens (tertiary/aromatic N) is 1. The summed E-state index contributed by atoms with van der Waals surface area (Å²) < 4.78 is 17.0. The zero-order chi connectivity index (χ0) is 31.7. The third-order valence-electron chi connectivity index (χ3n) is 6.85. The quantitative estimate of drug-likeness (QED) is 0.112. The molecule has 4 rings (SSSR count). The van der Waals surface area contributed by atoms with Crippen LogP contribution < -0.4 is 14.9 Å². The van der Waals surface area contributed by atoms with Gasteiger partial charge in [-0.1, -0.05) is 59.9 Å². The van der Waals surface area contributed by atoms with Crippen molar-refractivity contribution in [3.63, 3.8) is 0 Å². The molecule has 0 bridgehead atoms. The van der Waals surface area contributed by atoms with Crippen LogP contribution in [-0.2, 0) is 28.9 Å². The summed E-state index contributed by atoms with van der Waals surface area (Å²) in [7, 11) is 1.57. The Hall–Kier alpha value is -3.90. The summed E-state index contributed by atoms with van der Waals surface area (Å²) in [5.74, 6) is 0.699. The summed E-state index contributed by atoms with van der Waals surface area (Å²) in [5, 5.41) is 24.1. The summed E-state index contributed by atoms with van der Waals surface area (Å²) >= 11 is 0.967. The summed E-state index contributed by atoms with van der Waals surface area (Å²) in [5.41, 5.74) is 3.34. The smallest absolute Gasteiger partial charge is 0.410 e. The number of H-pyrrole nitrogens is 1. The number of benzene rings is 3. The third-order valence-corrected chi connectivity index (χ3v) is 7.78. The van der Waals surface area contributed by atoms with E-state index >= 15 is 0 Å². The van der Waals surface area contributed by atoms with E-state index in [2.05, 4.69) is 16.4 Å². The fourth-order valence-electron chi connectivity index (χ4n) is 4.78. The summed E-state index contributed by atoms with van der Waals surface area (Å²) in [6.45, 7) is 7.42. The number of rotatable bonds is 14.